The molecule has 0 radical (unpaired) electrons. The number of aliphatic carboxylic acids is 1. The first kappa shape index (κ1) is 19.2. The molecule has 2 aliphatic rings. The number of amides is 1. The molecular weight excluding hydrogens is 306 g/mol. The molecule has 1 amide bonds. The molecule has 2 aliphatic carbocycles. The Morgan fingerprint density at radius 2 is 1.88 bits per heavy atom. The summed E-state index contributed by atoms with van der Waals surface area (Å²) in [5.74, 6) is -0.345. The van der Waals surface area contributed by atoms with Crippen molar-refractivity contribution in [2.24, 2.45) is 11.3 Å². The number of carbonyl (C=O) groups is 2. The molecule has 2 N–H and O–H groups in total. The average Bonchev–Trinajstić information content (AvgIpc) is 2.54. The number of carboxylic acid groups (broad SMARTS) is 1. The summed E-state index contributed by atoms with van der Waals surface area (Å²) in [4.78, 5) is 24.2. The third-order valence-electron chi connectivity index (χ3n) is 6.22. The van der Waals surface area contributed by atoms with Gasteiger partial charge in [0.2, 0.25) is 5.91 Å². The molecule has 2 unspecified atom stereocenters. The van der Waals surface area contributed by atoms with Crippen LogP contribution >= 0.6 is 0 Å². The van der Waals surface area contributed by atoms with Crippen LogP contribution in [0.25, 0.3) is 0 Å². The third-order valence-corrected chi connectivity index (χ3v) is 6.22. The molecule has 2 saturated carbocycles. The summed E-state index contributed by atoms with van der Waals surface area (Å²) in [5.41, 5.74) is -1.80. The predicted octanol–water partition coefficient (Wildman–Crippen LogP) is 3.51. The maximum atomic E-state index is 12.3. The van der Waals surface area contributed by atoms with Gasteiger partial charge in [-0.1, -0.05) is 46.0 Å². The SMILES string of the molecule is CCOC1CC(NC(=O)CCCC2CCCCC2)(C(=O)O)C1(C)C. The molecule has 138 valence electrons. The van der Waals surface area contributed by atoms with Gasteiger partial charge in [-0.25, -0.2) is 4.79 Å². The summed E-state index contributed by atoms with van der Waals surface area (Å²) >= 11 is 0. The minimum absolute atomic E-state index is 0.124. The number of carboxylic acids is 1. The van der Waals surface area contributed by atoms with Gasteiger partial charge in [-0.15, -0.1) is 0 Å². The summed E-state index contributed by atoms with van der Waals surface area (Å²) in [6.07, 6.45) is 9.10. The summed E-state index contributed by atoms with van der Waals surface area (Å²) in [5, 5.41) is 12.5. The van der Waals surface area contributed by atoms with E-state index in [1.165, 1.54) is 32.1 Å². The first-order valence-electron chi connectivity index (χ1n) is 9.49. The Hall–Kier alpha value is -1.10. The second-order valence-electron chi connectivity index (χ2n) is 8.02. The van der Waals surface area contributed by atoms with Gasteiger partial charge in [0.25, 0.3) is 0 Å². The highest BCUT2D eigenvalue weighted by Gasteiger charge is 2.66. The lowest BCUT2D eigenvalue weighted by Crippen LogP contribution is -2.76. The van der Waals surface area contributed by atoms with Gasteiger partial charge in [-0.05, 0) is 25.7 Å². The van der Waals surface area contributed by atoms with E-state index < -0.39 is 16.9 Å². The number of rotatable bonds is 8. The Labute approximate surface area is 145 Å². The van der Waals surface area contributed by atoms with Crippen LogP contribution in [0.5, 0.6) is 0 Å². The van der Waals surface area contributed by atoms with E-state index in [1.54, 1.807) is 0 Å². The number of hydrogen-bond donors (Lipinski definition) is 2. The Kier molecular flexibility index (Phi) is 6.29. The molecule has 0 spiro atoms. The van der Waals surface area contributed by atoms with Crippen molar-refractivity contribution in [1.82, 2.24) is 5.32 Å². The molecule has 0 heterocycles. The number of ether oxygens (including phenoxy) is 1. The zero-order valence-electron chi connectivity index (χ0n) is 15.4. The second kappa shape index (κ2) is 7.85. The fourth-order valence-corrected chi connectivity index (χ4v) is 4.36. The molecule has 0 aromatic heterocycles. The number of carbonyl (C=O) groups excluding carboxylic acids is 1. The normalized spacial score (nSPS) is 29.7. The van der Waals surface area contributed by atoms with Crippen LogP contribution < -0.4 is 5.32 Å². The van der Waals surface area contributed by atoms with Crippen LogP contribution in [0.3, 0.4) is 0 Å². The molecule has 0 saturated heterocycles. The zero-order valence-corrected chi connectivity index (χ0v) is 15.4. The van der Waals surface area contributed by atoms with Gasteiger partial charge in [-0.3, -0.25) is 4.79 Å². The van der Waals surface area contributed by atoms with Gasteiger partial charge in [0.1, 0.15) is 5.54 Å². The first-order chi connectivity index (χ1) is 11.3. The monoisotopic (exact) mass is 339 g/mol. The van der Waals surface area contributed by atoms with Crippen LogP contribution in [0.2, 0.25) is 0 Å². The average molecular weight is 339 g/mol. The topological polar surface area (TPSA) is 75.6 Å². The van der Waals surface area contributed by atoms with E-state index in [9.17, 15) is 14.7 Å². The molecule has 5 nitrogen and oxygen atoms in total. The van der Waals surface area contributed by atoms with Gasteiger partial charge in [-0.2, -0.15) is 0 Å². The molecule has 2 rings (SSSR count). The number of hydrogen-bond acceptors (Lipinski definition) is 3. The number of nitrogens with one attached hydrogen (secondary N) is 1. The van der Waals surface area contributed by atoms with E-state index in [1.807, 2.05) is 20.8 Å². The van der Waals surface area contributed by atoms with E-state index in [0.29, 0.717) is 19.4 Å². The van der Waals surface area contributed by atoms with Crippen LogP contribution in [-0.4, -0.2) is 35.2 Å². The standard InChI is InChI=1S/C19H33NO4/c1-4-24-15-13-19(17(22)23,18(15,2)3)20-16(21)12-8-11-14-9-6-5-7-10-14/h14-15H,4-13H2,1-3H3,(H,20,21)(H,22,23). The lowest BCUT2D eigenvalue weighted by molar-refractivity contribution is -0.194. The van der Waals surface area contributed by atoms with Crippen LogP contribution in [0.4, 0.5) is 0 Å². The van der Waals surface area contributed by atoms with E-state index in [-0.39, 0.29) is 12.0 Å². The van der Waals surface area contributed by atoms with Crippen molar-refractivity contribution in [2.75, 3.05) is 6.61 Å². The summed E-state index contributed by atoms with van der Waals surface area (Å²) in [6.45, 7) is 6.19. The van der Waals surface area contributed by atoms with Crippen molar-refractivity contribution in [3.05, 3.63) is 0 Å². The summed E-state index contributed by atoms with van der Waals surface area (Å²) in [7, 11) is 0. The van der Waals surface area contributed by atoms with Crippen molar-refractivity contribution in [3.8, 4) is 0 Å². The highest BCUT2D eigenvalue weighted by atomic mass is 16.5. The summed E-state index contributed by atoms with van der Waals surface area (Å²) in [6, 6.07) is 0. The van der Waals surface area contributed by atoms with E-state index in [4.69, 9.17) is 4.74 Å². The molecule has 24 heavy (non-hydrogen) atoms. The first-order valence-corrected chi connectivity index (χ1v) is 9.49. The quantitative estimate of drug-likeness (QED) is 0.709. The van der Waals surface area contributed by atoms with Crippen molar-refractivity contribution < 1.29 is 19.4 Å². The van der Waals surface area contributed by atoms with E-state index in [0.717, 1.165) is 18.8 Å². The molecule has 0 aromatic rings. The summed E-state index contributed by atoms with van der Waals surface area (Å²) < 4.78 is 5.63. The lowest BCUT2D eigenvalue weighted by Gasteiger charge is -2.58. The van der Waals surface area contributed by atoms with Crippen LogP contribution in [0.15, 0.2) is 0 Å². The van der Waals surface area contributed by atoms with Gasteiger partial charge in [0.05, 0.1) is 6.10 Å². The Bertz CT molecular complexity index is 456. The zero-order chi connectivity index (χ0) is 17.8. The van der Waals surface area contributed by atoms with Gasteiger partial charge in [0.15, 0.2) is 0 Å². The largest absolute Gasteiger partial charge is 0.479 e. The molecule has 0 aromatic carbocycles. The van der Waals surface area contributed by atoms with Gasteiger partial charge in [0, 0.05) is 24.9 Å². The molecule has 2 fully saturated rings. The van der Waals surface area contributed by atoms with E-state index >= 15 is 0 Å². The van der Waals surface area contributed by atoms with Crippen molar-refractivity contribution >= 4 is 11.9 Å². The van der Waals surface area contributed by atoms with Crippen LogP contribution in [0.1, 0.15) is 78.6 Å². The second-order valence-corrected chi connectivity index (χ2v) is 8.02. The molecule has 5 heteroatoms. The predicted molar refractivity (Wildman–Crippen MR) is 92.7 cm³/mol. The molecular formula is C19H33NO4. The van der Waals surface area contributed by atoms with Crippen LogP contribution in [-0.2, 0) is 14.3 Å². The minimum Gasteiger partial charge on any atom is -0.479 e. The minimum atomic E-state index is -1.20. The van der Waals surface area contributed by atoms with Gasteiger partial charge >= 0.3 is 5.97 Å². The van der Waals surface area contributed by atoms with E-state index in [2.05, 4.69) is 5.32 Å². The van der Waals surface area contributed by atoms with Gasteiger partial charge < -0.3 is 15.2 Å². The Morgan fingerprint density at radius 1 is 1.21 bits per heavy atom. The lowest BCUT2D eigenvalue weighted by atomic mass is 9.54. The Balaban J connectivity index is 1.84. The van der Waals surface area contributed by atoms with Crippen molar-refractivity contribution in [1.29, 1.82) is 0 Å². The fourth-order valence-electron chi connectivity index (χ4n) is 4.36. The highest BCUT2D eigenvalue weighted by Crippen LogP contribution is 2.51. The smallest absolute Gasteiger partial charge is 0.330 e. The third kappa shape index (κ3) is 3.76. The molecule has 0 aliphatic heterocycles. The highest BCUT2D eigenvalue weighted by molar-refractivity contribution is 5.89. The maximum absolute atomic E-state index is 12.3. The maximum Gasteiger partial charge on any atom is 0.330 e. The fraction of sp³-hybridized carbons (Fsp3) is 0.895. The van der Waals surface area contributed by atoms with Crippen molar-refractivity contribution in [3.63, 3.8) is 0 Å². The molecule has 0 bridgehead atoms. The molecule has 2 atom stereocenters. The van der Waals surface area contributed by atoms with Crippen LogP contribution in [0, 0.1) is 11.3 Å². The Morgan fingerprint density at radius 3 is 2.42 bits per heavy atom. The van der Waals surface area contributed by atoms with Crippen molar-refractivity contribution in [2.45, 2.75) is 90.2 Å².